The molecule has 1 aromatic rings. The molecule has 0 saturated heterocycles. The minimum Gasteiger partial charge on any atom is -0.469 e. The Hall–Kier alpha value is -1.42. The summed E-state index contributed by atoms with van der Waals surface area (Å²) < 4.78 is 10.4. The molecule has 0 spiro atoms. The maximum Gasteiger partial charge on any atom is 0.307 e. The highest BCUT2D eigenvalue weighted by Gasteiger charge is 2.15. The molecular weight excluding hydrogens is 391 g/mol. The molecule has 0 bridgehead atoms. The standard InChI is InChI=1S/C13H17IN2O5/c1-20-8-7-15(6-5-13(17)21-2)12-4-3-10(16(18)19)9-11(12)14/h3-4,9H,5-8H2,1-2H3. The van der Waals surface area contributed by atoms with Gasteiger partial charge in [-0.15, -0.1) is 0 Å². The van der Waals surface area contributed by atoms with Crippen molar-refractivity contribution in [1.29, 1.82) is 0 Å². The second kappa shape index (κ2) is 8.78. The molecule has 1 rings (SSSR count). The molecule has 0 unspecified atom stereocenters. The van der Waals surface area contributed by atoms with Crippen molar-refractivity contribution in [3.05, 3.63) is 31.9 Å². The maximum absolute atomic E-state index is 11.3. The molecule has 0 aliphatic heterocycles. The van der Waals surface area contributed by atoms with Crippen molar-refractivity contribution in [1.82, 2.24) is 0 Å². The van der Waals surface area contributed by atoms with Crippen molar-refractivity contribution in [2.24, 2.45) is 0 Å². The van der Waals surface area contributed by atoms with Gasteiger partial charge in [-0.05, 0) is 28.7 Å². The van der Waals surface area contributed by atoms with Crippen molar-refractivity contribution in [3.8, 4) is 0 Å². The molecule has 0 aliphatic rings. The van der Waals surface area contributed by atoms with E-state index in [-0.39, 0.29) is 18.1 Å². The van der Waals surface area contributed by atoms with Crippen LogP contribution in [0.1, 0.15) is 6.42 Å². The van der Waals surface area contributed by atoms with E-state index in [9.17, 15) is 14.9 Å². The summed E-state index contributed by atoms with van der Waals surface area (Å²) in [4.78, 5) is 23.6. The lowest BCUT2D eigenvalue weighted by Crippen LogP contribution is -2.30. The number of ether oxygens (including phenoxy) is 2. The van der Waals surface area contributed by atoms with Crippen LogP contribution in [0.25, 0.3) is 0 Å². The SMILES string of the molecule is COCCN(CCC(=O)OC)c1ccc([N+](=O)[O-])cc1I. The van der Waals surface area contributed by atoms with Gasteiger partial charge in [0.15, 0.2) is 0 Å². The number of halogens is 1. The van der Waals surface area contributed by atoms with Gasteiger partial charge in [-0.25, -0.2) is 0 Å². The van der Waals surface area contributed by atoms with Gasteiger partial charge in [0.2, 0.25) is 0 Å². The molecule has 7 nitrogen and oxygen atoms in total. The molecular formula is C13H17IN2O5. The highest BCUT2D eigenvalue weighted by molar-refractivity contribution is 14.1. The van der Waals surface area contributed by atoms with E-state index in [0.29, 0.717) is 19.7 Å². The van der Waals surface area contributed by atoms with Gasteiger partial charge in [0.25, 0.3) is 5.69 Å². The summed E-state index contributed by atoms with van der Waals surface area (Å²) >= 11 is 2.05. The zero-order valence-corrected chi connectivity index (χ0v) is 14.0. The zero-order chi connectivity index (χ0) is 15.8. The average Bonchev–Trinajstić information content (AvgIpc) is 2.47. The Balaban J connectivity index is 2.91. The third-order valence-corrected chi connectivity index (χ3v) is 3.73. The number of nitrogens with zero attached hydrogens (tertiary/aromatic N) is 2. The van der Waals surface area contributed by atoms with Crippen LogP contribution >= 0.6 is 22.6 Å². The number of carbonyl (C=O) groups is 1. The van der Waals surface area contributed by atoms with Crippen LogP contribution in [0.2, 0.25) is 0 Å². The Morgan fingerprint density at radius 3 is 2.62 bits per heavy atom. The number of anilines is 1. The molecule has 0 aliphatic carbocycles. The molecule has 116 valence electrons. The van der Waals surface area contributed by atoms with Crippen LogP contribution in [0.5, 0.6) is 0 Å². The summed E-state index contributed by atoms with van der Waals surface area (Å²) in [5, 5.41) is 10.8. The van der Waals surface area contributed by atoms with Crippen LogP contribution in [0.4, 0.5) is 11.4 Å². The van der Waals surface area contributed by atoms with Gasteiger partial charge >= 0.3 is 5.97 Å². The quantitative estimate of drug-likeness (QED) is 0.284. The van der Waals surface area contributed by atoms with Crippen LogP contribution < -0.4 is 4.90 Å². The maximum atomic E-state index is 11.3. The summed E-state index contributed by atoms with van der Waals surface area (Å²) in [7, 11) is 2.94. The Labute approximate surface area is 136 Å². The number of nitro groups is 1. The number of esters is 1. The summed E-state index contributed by atoms with van der Waals surface area (Å²) in [6, 6.07) is 4.65. The van der Waals surface area contributed by atoms with E-state index in [2.05, 4.69) is 4.74 Å². The summed E-state index contributed by atoms with van der Waals surface area (Å²) in [6.45, 7) is 1.54. The molecule has 21 heavy (non-hydrogen) atoms. The van der Waals surface area contributed by atoms with E-state index in [1.165, 1.54) is 19.2 Å². The predicted molar refractivity (Wildman–Crippen MR) is 86.5 cm³/mol. The fourth-order valence-corrected chi connectivity index (χ4v) is 2.59. The number of hydrogen-bond donors (Lipinski definition) is 0. The molecule has 1 aromatic carbocycles. The summed E-state index contributed by atoms with van der Waals surface area (Å²) in [5.41, 5.74) is 0.880. The van der Waals surface area contributed by atoms with Crippen molar-refractivity contribution in [2.45, 2.75) is 6.42 Å². The van der Waals surface area contributed by atoms with Crippen molar-refractivity contribution in [2.75, 3.05) is 38.8 Å². The lowest BCUT2D eigenvalue weighted by molar-refractivity contribution is -0.384. The first-order chi connectivity index (χ1) is 9.99. The van der Waals surface area contributed by atoms with Crippen LogP contribution in [-0.2, 0) is 14.3 Å². The van der Waals surface area contributed by atoms with Gasteiger partial charge in [0.1, 0.15) is 0 Å². The Morgan fingerprint density at radius 1 is 1.38 bits per heavy atom. The first-order valence-electron chi connectivity index (χ1n) is 6.24. The van der Waals surface area contributed by atoms with Crippen molar-refractivity contribution in [3.63, 3.8) is 0 Å². The average molecular weight is 408 g/mol. The minimum absolute atomic E-state index is 0.0443. The third-order valence-electron chi connectivity index (χ3n) is 2.86. The normalized spacial score (nSPS) is 10.2. The Kier molecular flexibility index (Phi) is 7.37. The fourth-order valence-electron chi connectivity index (χ4n) is 1.75. The van der Waals surface area contributed by atoms with Crippen molar-refractivity contribution >= 4 is 39.9 Å². The molecule has 0 N–H and O–H groups in total. The zero-order valence-electron chi connectivity index (χ0n) is 11.9. The van der Waals surface area contributed by atoms with Crippen LogP contribution in [0.3, 0.4) is 0 Å². The Bertz CT molecular complexity index is 509. The van der Waals surface area contributed by atoms with E-state index in [0.717, 1.165) is 9.26 Å². The van der Waals surface area contributed by atoms with Crippen LogP contribution in [0.15, 0.2) is 18.2 Å². The van der Waals surface area contributed by atoms with Gasteiger partial charge in [-0.2, -0.15) is 0 Å². The number of benzene rings is 1. The topological polar surface area (TPSA) is 81.9 Å². The van der Waals surface area contributed by atoms with E-state index in [1.54, 1.807) is 13.2 Å². The number of non-ortho nitro benzene ring substituents is 1. The number of hydrogen-bond acceptors (Lipinski definition) is 6. The highest BCUT2D eigenvalue weighted by atomic mass is 127. The second-order valence-electron chi connectivity index (χ2n) is 4.20. The molecule has 8 heteroatoms. The first kappa shape index (κ1) is 17.6. The fraction of sp³-hybridized carbons (Fsp3) is 0.462. The van der Waals surface area contributed by atoms with E-state index in [4.69, 9.17) is 4.74 Å². The van der Waals surface area contributed by atoms with Gasteiger partial charge < -0.3 is 14.4 Å². The van der Waals surface area contributed by atoms with Crippen molar-refractivity contribution < 1.29 is 19.2 Å². The van der Waals surface area contributed by atoms with Gasteiger partial charge in [0.05, 0.1) is 30.7 Å². The Morgan fingerprint density at radius 2 is 2.10 bits per heavy atom. The lowest BCUT2D eigenvalue weighted by Gasteiger charge is -2.25. The lowest BCUT2D eigenvalue weighted by atomic mass is 10.2. The smallest absolute Gasteiger partial charge is 0.307 e. The van der Waals surface area contributed by atoms with E-state index >= 15 is 0 Å². The number of carbonyl (C=O) groups excluding carboxylic acids is 1. The summed E-state index contributed by atoms with van der Waals surface area (Å²) in [6.07, 6.45) is 0.243. The molecule has 0 radical (unpaired) electrons. The molecule has 0 fully saturated rings. The van der Waals surface area contributed by atoms with Gasteiger partial charge in [-0.3, -0.25) is 14.9 Å². The predicted octanol–water partition coefficient (Wildman–Crippen LogP) is 2.22. The van der Waals surface area contributed by atoms with Gasteiger partial charge in [0, 0.05) is 35.9 Å². The first-order valence-corrected chi connectivity index (χ1v) is 7.32. The second-order valence-corrected chi connectivity index (χ2v) is 5.36. The molecule has 0 heterocycles. The van der Waals surface area contributed by atoms with Crippen LogP contribution in [0, 0.1) is 13.7 Å². The largest absolute Gasteiger partial charge is 0.469 e. The number of rotatable bonds is 8. The van der Waals surface area contributed by atoms with Crippen LogP contribution in [-0.4, -0.2) is 44.8 Å². The molecule has 0 saturated carbocycles. The molecule has 0 amide bonds. The van der Waals surface area contributed by atoms with Gasteiger partial charge in [-0.1, -0.05) is 0 Å². The van der Waals surface area contributed by atoms with E-state index in [1.807, 2.05) is 27.5 Å². The minimum atomic E-state index is -0.431. The molecule has 0 atom stereocenters. The van der Waals surface area contributed by atoms with E-state index < -0.39 is 4.92 Å². The monoisotopic (exact) mass is 408 g/mol. The number of methoxy groups -OCH3 is 2. The highest BCUT2D eigenvalue weighted by Crippen LogP contribution is 2.27. The number of nitro benzene ring substituents is 1. The third kappa shape index (κ3) is 5.46. The summed E-state index contributed by atoms with van der Waals surface area (Å²) in [5.74, 6) is -0.297. The molecule has 0 aromatic heterocycles.